The highest BCUT2D eigenvalue weighted by Gasteiger charge is 2.30. The number of nitrogens with one attached hydrogen (secondary N) is 1. The van der Waals surface area contributed by atoms with Crippen LogP contribution in [0.1, 0.15) is 53.9 Å². The molecule has 0 fully saturated rings. The second-order valence-electron chi connectivity index (χ2n) is 7.58. The van der Waals surface area contributed by atoms with Crippen LogP contribution in [0.25, 0.3) is 0 Å². The van der Waals surface area contributed by atoms with Crippen LogP contribution in [0.2, 0.25) is 0 Å². The normalized spacial score (nSPS) is 20.5. The lowest BCUT2D eigenvalue weighted by Gasteiger charge is -2.36. The van der Waals surface area contributed by atoms with Gasteiger partial charge in [-0.15, -0.1) is 0 Å². The monoisotopic (exact) mass is 328 g/mol. The molecule has 0 aromatic heterocycles. The van der Waals surface area contributed by atoms with Gasteiger partial charge in [-0.05, 0) is 35.7 Å². The topological polar surface area (TPSA) is 24.4 Å². The molecule has 0 bridgehead atoms. The maximum atomic E-state index is 4.55. The largest absolute Gasteiger partial charge is 0.377 e. The quantitative estimate of drug-likeness (QED) is 0.249. The third-order valence-corrected chi connectivity index (χ3v) is 4.94. The number of rotatable bonds is 9. The molecule has 0 amide bonds. The standard InChI is InChI=1S/C22H36N2/c1-8-21(23-7)24-15-9-10-19(16-18(4)17(2)3)11-12-20-13-14-22(20,5)6/h9-11,13-14,17,20H,4,8,12,15-16H2,1-3,5-7H3,(H,23,24)/b10-9-,19-11-. The summed E-state index contributed by atoms with van der Waals surface area (Å²) in [6.07, 6.45) is 14.4. The second-order valence-corrected chi connectivity index (χ2v) is 7.58. The molecule has 0 saturated carbocycles. The van der Waals surface area contributed by atoms with E-state index >= 15 is 0 Å². The lowest BCUT2D eigenvalue weighted by atomic mass is 9.68. The van der Waals surface area contributed by atoms with Crippen molar-refractivity contribution in [2.75, 3.05) is 13.6 Å². The SMILES string of the molecule is C=C(CC(/C=C\C/N=C(/CC)NC)=C\CC1C=CC1(C)C)C(C)C. The fourth-order valence-electron chi connectivity index (χ4n) is 2.68. The van der Waals surface area contributed by atoms with Gasteiger partial charge in [0, 0.05) is 13.5 Å². The minimum absolute atomic E-state index is 0.341. The maximum Gasteiger partial charge on any atom is 0.0961 e. The Kier molecular flexibility index (Phi) is 8.24. The Balaban J connectivity index is 2.72. The predicted molar refractivity (Wildman–Crippen MR) is 108 cm³/mol. The number of hydrogen-bond donors (Lipinski definition) is 1. The molecule has 0 radical (unpaired) electrons. The number of aliphatic imine (C=N–C) groups is 1. The summed E-state index contributed by atoms with van der Waals surface area (Å²) in [5, 5.41) is 3.13. The van der Waals surface area contributed by atoms with Gasteiger partial charge in [-0.2, -0.15) is 0 Å². The minimum atomic E-state index is 0.341. The van der Waals surface area contributed by atoms with Crippen molar-refractivity contribution in [3.8, 4) is 0 Å². The molecule has 24 heavy (non-hydrogen) atoms. The van der Waals surface area contributed by atoms with E-state index in [1.54, 1.807) is 0 Å². The zero-order valence-corrected chi connectivity index (χ0v) is 16.5. The van der Waals surface area contributed by atoms with Crippen molar-refractivity contribution in [1.82, 2.24) is 5.32 Å². The van der Waals surface area contributed by atoms with E-state index in [-0.39, 0.29) is 0 Å². The molecule has 0 aliphatic heterocycles. The first-order valence-electron chi connectivity index (χ1n) is 9.23. The van der Waals surface area contributed by atoms with Gasteiger partial charge in [-0.1, -0.05) is 77.2 Å². The highest BCUT2D eigenvalue weighted by Crippen LogP contribution is 2.41. The fourth-order valence-corrected chi connectivity index (χ4v) is 2.68. The smallest absolute Gasteiger partial charge is 0.0961 e. The molecule has 0 spiro atoms. The summed E-state index contributed by atoms with van der Waals surface area (Å²) in [6.45, 7) is 16.1. The van der Waals surface area contributed by atoms with E-state index in [1.165, 1.54) is 11.1 Å². The first kappa shape index (κ1) is 20.5. The second kappa shape index (κ2) is 9.66. The van der Waals surface area contributed by atoms with Gasteiger partial charge in [0.2, 0.25) is 0 Å². The van der Waals surface area contributed by atoms with Gasteiger partial charge >= 0.3 is 0 Å². The molecule has 1 rings (SSSR count). The summed E-state index contributed by atoms with van der Waals surface area (Å²) in [5.41, 5.74) is 3.00. The lowest BCUT2D eigenvalue weighted by molar-refractivity contribution is 0.299. The van der Waals surface area contributed by atoms with E-state index in [1.807, 2.05) is 7.05 Å². The van der Waals surface area contributed by atoms with Crippen molar-refractivity contribution in [3.63, 3.8) is 0 Å². The number of amidine groups is 1. The Hall–Kier alpha value is -1.57. The van der Waals surface area contributed by atoms with Crippen molar-refractivity contribution < 1.29 is 0 Å². The molecule has 0 heterocycles. The predicted octanol–water partition coefficient (Wildman–Crippen LogP) is 5.70. The highest BCUT2D eigenvalue weighted by atomic mass is 15.0. The Morgan fingerprint density at radius 3 is 2.54 bits per heavy atom. The van der Waals surface area contributed by atoms with Crippen LogP contribution in [0, 0.1) is 17.3 Å². The molecular formula is C22H36N2. The minimum Gasteiger partial charge on any atom is -0.377 e. The zero-order valence-electron chi connectivity index (χ0n) is 16.5. The van der Waals surface area contributed by atoms with Crippen LogP contribution in [0.5, 0.6) is 0 Å². The molecule has 1 aliphatic carbocycles. The summed E-state index contributed by atoms with van der Waals surface area (Å²) >= 11 is 0. The Morgan fingerprint density at radius 1 is 1.38 bits per heavy atom. The van der Waals surface area contributed by atoms with Gasteiger partial charge in [-0.3, -0.25) is 4.99 Å². The summed E-state index contributed by atoms with van der Waals surface area (Å²) in [4.78, 5) is 4.55. The Morgan fingerprint density at radius 2 is 2.08 bits per heavy atom. The molecule has 2 heteroatoms. The summed E-state index contributed by atoms with van der Waals surface area (Å²) in [7, 11) is 1.93. The average molecular weight is 329 g/mol. The van der Waals surface area contributed by atoms with Crippen molar-refractivity contribution in [2.24, 2.45) is 22.2 Å². The van der Waals surface area contributed by atoms with E-state index in [9.17, 15) is 0 Å². The molecular weight excluding hydrogens is 292 g/mol. The lowest BCUT2D eigenvalue weighted by Crippen LogP contribution is -2.27. The zero-order chi connectivity index (χ0) is 18.2. The van der Waals surface area contributed by atoms with Crippen LogP contribution in [-0.4, -0.2) is 19.4 Å². The van der Waals surface area contributed by atoms with Crippen LogP contribution in [-0.2, 0) is 0 Å². The van der Waals surface area contributed by atoms with Crippen LogP contribution < -0.4 is 5.32 Å². The van der Waals surface area contributed by atoms with Gasteiger partial charge < -0.3 is 5.32 Å². The molecule has 0 saturated heterocycles. The van der Waals surface area contributed by atoms with Crippen molar-refractivity contribution in [3.05, 3.63) is 48.1 Å². The van der Waals surface area contributed by atoms with Gasteiger partial charge in [0.1, 0.15) is 0 Å². The summed E-state index contributed by atoms with van der Waals surface area (Å²) in [5.74, 6) is 2.23. The highest BCUT2D eigenvalue weighted by molar-refractivity contribution is 5.81. The summed E-state index contributed by atoms with van der Waals surface area (Å²) in [6, 6.07) is 0. The average Bonchev–Trinajstić information content (AvgIpc) is 2.53. The van der Waals surface area contributed by atoms with E-state index in [4.69, 9.17) is 0 Å². The molecule has 1 unspecified atom stereocenters. The van der Waals surface area contributed by atoms with Crippen LogP contribution in [0.4, 0.5) is 0 Å². The maximum absolute atomic E-state index is 4.55. The number of hydrogen-bond acceptors (Lipinski definition) is 1. The van der Waals surface area contributed by atoms with E-state index in [0.717, 1.165) is 31.6 Å². The summed E-state index contributed by atoms with van der Waals surface area (Å²) < 4.78 is 0. The molecule has 1 atom stereocenters. The van der Waals surface area contributed by atoms with Crippen LogP contribution in [0.3, 0.4) is 0 Å². The van der Waals surface area contributed by atoms with Gasteiger partial charge in [0.25, 0.3) is 0 Å². The molecule has 0 aromatic carbocycles. The van der Waals surface area contributed by atoms with Crippen molar-refractivity contribution in [1.29, 1.82) is 0 Å². The Labute approximate surface area is 149 Å². The van der Waals surface area contributed by atoms with Crippen molar-refractivity contribution in [2.45, 2.75) is 53.9 Å². The van der Waals surface area contributed by atoms with Crippen LogP contribution in [0.15, 0.2) is 53.1 Å². The third-order valence-electron chi connectivity index (χ3n) is 4.94. The molecule has 0 aromatic rings. The molecule has 134 valence electrons. The van der Waals surface area contributed by atoms with E-state index < -0.39 is 0 Å². The Bertz CT molecular complexity index is 524. The molecule has 1 N–H and O–H groups in total. The van der Waals surface area contributed by atoms with E-state index in [0.29, 0.717) is 17.3 Å². The van der Waals surface area contributed by atoms with Crippen LogP contribution >= 0.6 is 0 Å². The molecule has 2 nitrogen and oxygen atoms in total. The number of nitrogens with zero attached hydrogens (tertiary/aromatic N) is 1. The first-order valence-corrected chi connectivity index (χ1v) is 9.23. The first-order chi connectivity index (χ1) is 11.3. The third kappa shape index (κ3) is 6.51. The molecule has 1 aliphatic rings. The van der Waals surface area contributed by atoms with Gasteiger partial charge in [-0.25, -0.2) is 0 Å². The number of allylic oxidation sites excluding steroid dienone is 6. The van der Waals surface area contributed by atoms with Crippen molar-refractivity contribution >= 4 is 5.84 Å². The van der Waals surface area contributed by atoms with Gasteiger partial charge in [0.15, 0.2) is 0 Å². The fraction of sp³-hybridized carbons (Fsp3) is 0.591. The van der Waals surface area contributed by atoms with E-state index in [2.05, 4.69) is 81.9 Å². The van der Waals surface area contributed by atoms with Gasteiger partial charge in [0.05, 0.1) is 12.4 Å².